The zero-order valence-electron chi connectivity index (χ0n) is 20.2. The highest BCUT2D eigenvalue weighted by Crippen LogP contribution is 2.28. The predicted octanol–water partition coefficient (Wildman–Crippen LogP) is 4.99. The van der Waals surface area contributed by atoms with E-state index in [1.165, 1.54) is 0 Å². The summed E-state index contributed by atoms with van der Waals surface area (Å²) in [7, 11) is 0. The molecule has 0 bridgehead atoms. The number of rotatable bonds is 8. The Hall–Kier alpha value is -2.51. The summed E-state index contributed by atoms with van der Waals surface area (Å²) < 4.78 is 1.56. The molecular formula is C25H34N4O2S. The lowest BCUT2D eigenvalue weighted by Gasteiger charge is -2.21. The summed E-state index contributed by atoms with van der Waals surface area (Å²) in [6.45, 7) is 16.5. The fourth-order valence-electron chi connectivity index (χ4n) is 3.97. The zero-order chi connectivity index (χ0) is 23.6. The van der Waals surface area contributed by atoms with Crippen molar-refractivity contribution in [3.05, 3.63) is 55.9 Å². The van der Waals surface area contributed by atoms with Crippen LogP contribution in [0.4, 0.5) is 5.69 Å². The second-order valence-corrected chi connectivity index (χ2v) is 9.79. The molecule has 2 aromatic heterocycles. The molecule has 0 saturated carbocycles. The minimum atomic E-state index is -0.213. The summed E-state index contributed by atoms with van der Waals surface area (Å²) in [5.74, 6) is 0.701. The number of amides is 1. The Balaban J connectivity index is 2.04. The molecule has 1 amide bonds. The third-order valence-corrected chi connectivity index (χ3v) is 7.22. The fraction of sp³-hybridized carbons (Fsp3) is 0.480. The molecule has 0 saturated heterocycles. The van der Waals surface area contributed by atoms with Crippen LogP contribution < -0.4 is 10.9 Å². The van der Waals surface area contributed by atoms with E-state index in [0.29, 0.717) is 17.8 Å². The molecule has 0 fully saturated rings. The summed E-state index contributed by atoms with van der Waals surface area (Å²) in [5.41, 5.74) is 3.75. The van der Waals surface area contributed by atoms with E-state index in [2.05, 4.69) is 37.9 Å². The van der Waals surface area contributed by atoms with Gasteiger partial charge in [-0.1, -0.05) is 45.9 Å². The molecule has 3 rings (SSSR count). The van der Waals surface area contributed by atoms with Gasteiger partial charge >= 0.3 is 0 Å². The van der Waals surface area contributed by atoms with Gasteiger partial charge in [0.15, 0.2) is 0 Å². The molecule has 172 valence electrons. The van der Waals surface area contributed by atoms with Crippen molar-refractivity contribution in [2.45, 2.75) is 67.5 Å². The number of aromatic nitrogens is 2. The van der Waals surface area contributed by atoms with E-state index in [4.69, 9.17) is 4.98 Å². The topological polar surface area (TPSA) is 67.2 Å². The third-order valence-electron chi connectivity index (χ3n) is 6.12. The van der Waals surface area contributed by atoms with Crippen molar-refractivity contribution in [3.8, 4) is 0 Å². The number of carbonyl (C=O) groups is 1. The first kappa shape index (κ1) is 24.1. The monoisotopic (exact) mass is 454 g/mol. The van der Waals surface area contributed by atoms with Crippen LogP contribution in [0.15, 0.2) is 23.0 Å². The van der Waals surface area contributed by atoms with Gasteiger partial charge in [0.25, 0.3) is 5.56 Å². The van der Waals surface area contributed by atoms with Gasteiger partial charge in [-0.2, -0.15) is 0 Å². The highest BCUT2D eigenvalue weighted by molar-refractivity contribution is 7.18. The van der Waals surface area contributed by atoms with Crippen LogP contribution in [0.2, 0.25) is 0 Å². The van der Waals surface area contributed by atoms with Crippen molar-refractivity contribution >= 4 is 33.1 Å². The molecule has 6 nitrogen and oxygen atoms in total. The van der Waals surface area contributed by atoms with Crippen LogP contribution in [-0.2, 0) is 17.9 Å². The van der Waals surface area contributed by atoms with Gasteiger partial charge < -0.3 is 5.32 Å². The molecule has 7 heteroatoms. The minimum absolute atomic E-state index is 0.0570. The van der Waals surface area contributed by atoms with Gasteiger partial charge in [0, 0.05) is 10.6 Å². The van der Waals surface area contributed by atoms with Crippen LogP contribution in [0.3, 0.4) is 0 Å². The molecule has 3 aromatic rings. The number of thiophene rings is 1. The number of benzene rings is 1. The molecule has 0 aliphatic heterocycles. The first-order chi connectivity index (χ1) is 15.2. The highest BCUT2D eigenvalue weighted by atomic mass is 32.1. The second-order valence-electron chi connectivity index (χ2n) is 8.59. The molecule has 0 atom stereocenters. The Morgan fingerprint density at radius 1 is 1.19 bits per heavy atom. The maximum absolute atomic E-state index is 13.5. The maximum atomic E-state index is 13.5. The lowest BCUT2D eigenvalue weighted by atomic mass is 9.98. The van der Waals surface area contributed by atoms with E-state index in [0.717, 1.165) is 45.2 Å². The summed E-state index contributed by atoms with van der Waals surface area (Å²) in [6.07, 6.45) is 0. The number of hydrogen-bond donors (Lipinski definition) is 1. The SMILES string of the molecule is CCN(CC)Cc1nc2sc(C)c(C)c2c(=O)n1CC(=O)Nc1c(C)cccc1C(C)C. The van der Waals surface area contributed by atoms with Crippen molar-refractivity contribution in [1.82, 2.24) is 14.5 Å². The second kappa shape index (κ2) is 9.96. The highest BCUT2D eigenvalue weighted by Gasteiger charge is 2.20. The average Bonchev–Trinajstić information content (AvgIpc) is 3.03. The first-order valence-corrected chi connectivity index (χ1v) is 12.1. The smallest absolute Gasteiger partial charge is 0.263 e. The molecular weight excluding hydrogens is 420 g/mol. The van der Waals surface area contributed by atoms with Gasteiger partial charge in [-0.25, -0.2) is 4.98 Å². The summed E-state index contributed by atoms with van der Waals surface area (Å²) in [6, 6.07) is 6.04. The van der Waals surface area contributed by atoms with Crippen molar-refractivity contribution in [3.63, 3.8) is 0 Å². The molecule has 1 aromatic carbocycles. The van der Waals surface area contributed by atoms with E-state index in [-0.39, 0.29) is 23.9 Å². The molecule has 0 unspecified atom stereocenters. The Morgan fingerprint density at radius 3 is 2.50 bits per heavy atom. The van der Waals surface area contributed by atoms with Crippen LogP contribution in [0.5, 0.6) is 0 Å². The Kier molecular flexibility index (Phi) is 7.51. The van der Waals surface area contributed by atoms with Crippen molar-refractivity contribution in [2.24, 2.45) is 0 Å². The Bertz CT molecular complexity index is 1190. The quantitative estimate of drug-likeness (QED) is 0.521. The minimum Gasteiger partial charge on any atom is -0.324 e. The standard InChI is InChI=1S/C25H34N4O2S/c1-8-28(9-2)13-20-26-24-22(17(6)18(7)32-24)25(31)29(20)14-21(30)27-23-16(5)11-10-12-19(23)15(3)4/h10-12,15H,8-9,13-14H2,1-7H3,(H,27,30). The molecule has 0 aliphatic rings. The normalized spacial score (nSPS) is 11.7. The zero-order valence-corrected chi connectivity index (χ0v) is 21.0. The number of nitrogens with zero attached hydrogens (tertiary/aromatic N) is 3. The van der Waals surface area contributed by atoms with E-state index < -0.39 is 0 Å². The number of hydrogen-bond acceptors (Lipinski definition) is 5. The first-order valence-electron chi connectivity index (χ1n) is 11.3. The Labute approximate surface area is 194 Å². The predicted molar refractivity (Wildman–Crippen MR) is 134 cm³/mol. The summed E-state index contributed by atoms with van der Waals surface area (Å²) in [5, 5.41) is 3.70. The summed E-state index contributed by atoms with van der Waals surface area (Å²) >= 11 is 1.54. The van der Waals surface area contributed by atoms with Crippen molar-refractivity contribution < 1.29 is 4.79 Å². The Morgan fingerprint density at radius 2 is 1.88 bits per heavy atom. The van der Waals surface area contributed by atoms with Gasteiger partial charge in [-0.05, 0) is 56.5 Å². The fourth-order valence-corrected chi connectivity index (χ4v) is 5.00. The van der Waals surface area contributed by atoms with Gasteiger partial charge in [-0.3, -0.25) is 19.1 Å². The third kappa shape index (κ3) is 4.79. The van der Waals surface area contributed by atoms with Gasteiger partial charge in [0.1, 0.15) is 17.2 Å². The lowest BCUT2D eigenvalue weighted by Crippen LogP contribution is -2.34. The lowest BCUT2D eigenvalue weighted by molar-refractivity contribution is -0.116. The van der Waals surface area contributed by atoms with Crippen LogP contribution >= 0.6 is 11.3 Å². The molecule has 1 N–H and O–H groups in total. The van der Waals surface area contributed by atoms with E-state index in [1.54, 1.807) is 15.9 Å². The molecule has 0 radical (unpaired) electrons. The van der Waals surface area contributed by atoms with Gasteiger partial charge in [-0.15, -0.1) is 11.3 Å². The molecule has 2 heterocycles. The molecule has 0 spiro atoms. The van der Waals surface area contributed by atoms with Gasteiger partial charge in [0.2, 0.25) is 5.91 Å². The van der Waals surface area contributed by atoms with Crippen molar-refractivity contribution in [2.75, 3.05) is 18.4 Å². The number of anilines is 1. The van der Waals surface area contributed by atoms with Gasteiger partial charge in [0.05, 0.1) is 11.9 Å². The number of carbonyl (C=O) groups excluding carboxylic acids is 1. The molecule has 32 heavy (non-hydrogen) atoms. The maximum Gasteiger partial charge on any atom is 0.263 e. The van der Waals surface area contributed by atoms with E-state index >= 15 is 0 Å². The number of fused-ring (bicyclic) bond motifs is 1. The van der Waals surface area contributed by atoms with Crippen molar-refractivity contribution in [1.29, 1.82) is 0 Å². The largest absolute Gasteiger partial charge is 0.324 e. The molecule has 0 aliphatic carbocycles. The average molecular weight is 455 g/mol. The number of para-hydroxylation sites is 1. The number of nitrogens with one attached hydrogen (secondary N) is 1. The van der Waals surface area contributed by atoms with E-state index in [9.17, 15) is 9.59 Å². The van der Waals surface area contributed by atoms with Crippen LogP contribution in [0, 0.1) is 20.8 Å². The van der Waals surface area contributed by atoms with Crippen LogP contribution in [-0.4, -0.2) is 33.4 Å². The van der Waals surface area contributed by atoms with E-state index in [1.807, 2.05) is 39.0 Å². The number of aryl methyl sites for hydroxylation is 3. The van der Waals surface area contributed by atoms with Crippen LogP contribution in [0.25, 0.3) is 10.2 Å². The van der Waals surface area contributed by atoms with Crippen LogP contribution in [0.1, 0.15) is 61.0 Å². The summed E-state index contributed by atoms with van der Waals surface area (Å²) in [4.78, 5) is 35.5.